The maximum absolute atomic E-state index is 3.91. The maximum atomic E-state index is 3.91. The number of hydrogen-bond donors (Lipinski definition) is 1. The first-order valence-electron chi connectivity index (χ1n) is 11.2. The average Bonchev–Trinajstić information content (AvgIpc) is 3.09. The van der Waals surface area contributed by atoms with Gasteiger partial charge in [0, 0.05) is 29.2 Å². The molecule has 1 aromatic heterocycles. The third kappa shape index (κ3) is 3.80. The van der Waals surface area contributed by atoms with Gasteiger partial charge in [-0.25, -0.2) is 0 Å². The van der Waals surface area contributed by atoms with Gasteiger partial charge in [0.1, 0.15) is 0 Å². The van der Waals surface area contributed by atoms with Crippen LogP contribution in [0.5, 0.6) is 0 Å². The lowest BCUT2D eigenvalue weighted by atomic mass is 9.91. The molecule has 0 amide bonds. The lowest BCUT2D eigenvalue weighted by Crippen LogP contribution is -2.29. The van der Waals surface area contributed by atoms with Crippen molar-refractivity contribution < 1.29 is 0 Å². The fourth-order valence-corrected chi connectivity index (χ4v) is 5.01. The van der Waals surface area contributed by atoms with Crippen molar-refractivity contribution in [1.82, 2.24) is 9.88 Å². The molecule has 1 aliphatic carbocycles. The van der Waals surface area contributed by atoms with Crippen LogP contribution in [-0.4, -0.2) is 11.1 Å². The molecule has 4 aromatic rings. The lowest BCUT2D eigenvalue weighted by molar-refractivity contribution is 0.440. The van der Waals surface area contributed by atoms with Gasteiger partial charge in [-0.05, 0) is 68.0 Å². The SMILES string of the molecule is Cc1ccc2c(c1)c1c(n2Cc2ccccc2)[C@H](NCCc2ccccc2)CCC1. The van der Waals surface area contributed by atoms with Crippen LogP contribution in [0.25, 0.3) is 10.9 Å². The summed E-state index contributed by atoms with van der Waals surface area (Å²) in [6.45, 7) is 4.16. The van der Waals surface area contributed by atoms with E-state index in [1.807, 2.05) is 0 Å². The zero-order valence-corrected chi connectivity index (χ0v) is 17.8. The Morgan fingerprint density at radius 3 is 2.40 bits per heavy atom. The molecule has 2 heteroatoms. The number of fused-ring (bicyclic) bond motifs is 3. The van der Waals surface area contributed by atoms with Gasteiger partial charge in [-0.3, -0.25) is 0 Å². The third-order valence-corrected chi connectivity index (χ3v) is 6.45. The summed E-state index contributed by atoms with van der Waals surface area (Å²) < 4.78 is 2.58. The predicted molar refractivity (Wildman–Crippen MR) is 126 cm³/mol. The second kappa shape index (κ2) is 8.49. The van der Waals surface area contributed by atoms with Gasteiger partial charge in [0.2, 0.25) is 0 Å². The summed E-state index contributed by atoms with van der Waals surface area (Å²) in [7, 11) is 0. The molecular weight excluding hydrogens is 364 g/mol. The van der Waals surface area contributed by atoms with Crippen molar-refractivity contribution in [3.63, 3.8) is 0 Å². The summed E-state index contributed by atoms with van der Waals surface area (Å²) >= 11 is 0. The maximum Gasteiger partial charge on any atom is 0.0489 e. The number of hydrogen-bond acceptors (Lipinski definition) is 1. The van der Waals surface area contributed by atoms with Gasteiger partial charge in [0.05, 0.1) is 0 Å². The highest BCUT2D eigenvalue weighted by atomic mass is 15.0. The molecule has 1 N–H and O–H groups in total. The zero-order chi connectivity index (χ0) is 20.3. The number of nitrogens with zero attached hydrogens (tertiary/aromatic N) is 1. The Balaban J connectivity index is 1.49. The Kier molecular flexibility index (Phi) is 5.42. The summed E-state index contributed by atoms with van der Waals surface area (Å²) in [6, 6.07) is 29.1. The monoisotopic (exact) mass is 394 g/mol. The standard InChI is InChI=1S/C28H30N2/c1-21-15-16-27-25(19-21)24-13-8-14-26(29-18-17-22-9-4-2-5-10-22)28(24)30(27)20-23-11-6-3-7-12-23/h2-7,9-12,15-16,19,26,29H,8,13-14,17-18,20H2,1H3/t26-/m1/s1. The molecule has 1 atom stereocenters. The van der Waals surface area contributed by atoms with Gasteiger partial charge in [0.15, 0.2) is 0 Å². The molecule has 0 saturated carbocycles. The van der Waals surface area contributed by atoms with Crippen LogP contribution >= 0.6 is 0 Å². The minimum Gasteiger partial charge on any atom is -0.338 e. The van der Waals surface area contributed by atoms with Crippen LogP contribution in [0.15, 0.2) is 78.9 Å². The van der Waals surface area contributed by atoms with E-state index in [0.29, 0.717) is 6.04 Å². The van der Waals surface area contributed by atoms with E-state index in [1.165, 1.54) is 52.5 Å². The first kappa shape index (κ1) is 19.1. The number of nitrogens with one attached hydrogen (secondary N) is 1. The molecule has 0 saturated heterocycles. The molecule has 3 aromatic carbocycles. The van der Waals surface area contributed by atoms with Gasteiger partial charge >= 0.3 is 0 Å². The predicted octanol–water partition coefficient (Wildman–Crippen LogP) is 6.21. The topological polar surface area (TPSA) is 17.0 Å². The van der Waals surface area contributed by atoms with Crippen LogP contribution in [0.4, 0.5) is 0 Å². The molecule has 5 rings (SSSR count). The molecule has 152 valence electrons. The summed E-state index contributed by atoms with van der Waals surface area (Å²) in [5.74, 6) is 0. The summed E-state index contributed by atoms with van der Waals surface area (Å²) in [5.41, 5.74) is 8.58. The second-order valence-electron chi connectivity index (χ2n) is 8.59. The van der Waals surface area contributed by atoms with Crippen LogP contribution < -0.4 is 5.32 Å². The van der Waals surface area contributed by atoms with Gasteiger partial charge in [-0.2, -0.15) is 0 Å². The Morgan fingerprint density at radius 2 is 1.63 bits per heavy atom. The van der Waals surface area contributed by atoms with Crippen LogP contribution in [0.2, 0.25) is 0 Å². The van der Waals surface area contributed by atoms with Crippen molar-refractivity contribution in [3.8, 4) is 0 Å². The van der Waals surface area contributed by atoms with Crippen LogP contribution in [0, 0.1) is 6.92 Å². The Bertz CT molecular complexity index is 1130. The summed E-state index contributed by atoms with van der Waals surface area (Å²) in [5, 5.41) is 5.36. The van der Waals surface area contributed by atoms with Gasteiger partial charge < -0.3 is 9.88 Å². The molecular formula is C28H30N2. The van der Waals surface area contributed by atoms with Crippen LogP contribution in [0.1, 0.15) is 46.8 Å². The van der Waals surface area contributed by atoms with Crippen LogP contribution in [-0.2, 0) is 19.4 Å². The van der Waals surface area contributed by atoms with Gasteiger partial charge in [-0.15, -0.1) is 0 Å². The Morgan fingerprint density at radius 1 is 0.900 bits per heavy atom. The highest BCUT2D eigenvalue weighted by Gasteiger charge is 2.27. The van der Waals surface area contributed by atoms with Gasteiger partial charge in [-0.1, -0.05) is 72.3 Å². The quantitative estimate of drug-likeness (QED) is 0.411. The molecule has 0 aliphatic heterocycles. The second-order valence-corrected chi connectivity index (χ2v) is 8.59. The van der Waals surface area contributed by atoms with Crippen molar-refractivity contribution >= 4 is 10.9 Å². The van der Waals surface area contributed by atoms with E-state index in [1.54, 1.807) is 5.56 Å². The number of aryl methyl sites for hydroxylation is 2. The fraction of sp³-hybridized carbons (Fsp3) is 0.286. The molecule has 0 unspecified atom stereocenters. The number of aromatic nitrogens is 1. The van der Waals surface area contributed by atoms with E-state index in [9.17, 15) is 0 Å². The normalized spacial score (nSPS) is 16.0. The average molecular weight is 395 g/mol. The van der Waals surface area contributed by atoms with E-state index in [0.717, 1.165) is 19.5 Å². The molecule has 2 nitrogen and oxygen atoms in total. The first-order chi connectivity index (χ1) is 14.8. The fourth-order valence-electron chi connectivity index (χ4n) is 5.01. The number of benzene rings is 3. The van der Waals surface area contributed by atoms with E-state index < -0.39 is 0 Å². The molecule has 1 heterocycles. The first-order valence-corrected chi connectivity index (χ1v) is 11.2. The summed E-state index contributed by atoms with van der Waals surface area (Å²) in [6.07, 6.45) is 4.74. The third-order valence-electron chi connectivity index (χ3n) is 6.45. The van der Waals surface area contributed by atoms with Crippen molar-refractivity contribution in [1.29, 1.82) is 0 Å². The van der Waals surface area contributed by atoms with Crippen molar-refractivity contribution in [2.75, 3.05) is 6.54 Å². The van der Waals surface area contributed by atoms with Crippen molar-refractivity contribution in [2.45, 2.75) is 45.2 Å². The van der Waals surface area contributed by atoms with E-state index in [4.69, 9.17) is 0 Å². The van der Waals surface area contributed by atoms with Crippen molar-refractivity contribution in [2.24, 2.45) is 0 Å². The minimum absolute atomic E-state index is 0.425. The highest BCUT2D eigenvalue weighted by molar-refractivity contribution is 5.87. The molecule has 0 spiro atoms. The minimum atomic E-state index is 0.425. The lowest BCUT2D eigenvalue weighted by Gasteiger charge is -2.27. The summed E-state index contributed by atoms with van der Waals surface area (Å²) in [4.78, 5) is 0. The molecule has 30 heavy (non-hydrogen) atoms. The molecule has 1 aliphatic rings. The van der Waals surface area contributed by atoms with Crippen molar-refractivity contribution in [3.05, 3.63) is 107 Å². The van der Waals surface area contributed by atoms with E-state index in [2.05, 4.69) is 95.7 Å². The Hall–Kier alpha value is -2.84. The van der Waals surface area contributed by atoms with E-state index in [-0.39, 0.29) is 0 Å². The Labute approximate surface area is 179 Å². The smallest absolute Gasteiger partial charge is 0.0489 e. The van der Waals surface area contributed by atoms with Gasteiger partial charge in [0.25, 0.3) is 0 Å². The zero-order valence-electron chi connectivity index (χ0n) is 17.8. The van der Waals surface area contributed by atoms with Crippen LogP contribution in [0.3, 0.4) is 0 Å². The molecule has 0 bridgehead atoms. The largest absolute Gasteiger partial charge is 0.338 e. The molecule has 0 fully saturated rings. The van der Waals surface area contributed by atoms with E-state index >= 15 is 0 Å². The molecule has 0 radical (unpaired) electrons. The highest BCUT2D eigenvalue weighted by Crippen LogP contribution is 2.38. The number of rotatable bonds is 6.